The predicted octanol–water partition coefficient (Wildman–Crippen LogP) is 4.96. The Morgan fingerprint density at radius 1 is 0.840 bits per heavy atom. The van der Waals surface area contributed by atoms with Gasteiger partial charge in [0.2, 0.25) is 0 Å². The largest absolute Gasteiger partial charge is 0.321 e. The molecular formula is C20H13ClFNO2. The van der Waals surface area contributed by atoms with Crippen molar-refractivity contribution in [1.29, 1.82) is 0 Å². The number of ketones is 1. The van der Waals surface area contributed by atoms with Gasteiger partial charge in [0.15, 0.2) is 5.78 Å². The van der Waals surface area contributed by atoms with Gasteiger partial charge in [0, 0.05) is 21.7 Å². The molecule has 3 aromatic rings. The number of hydrogen-bond donors (Lipinski definition) is 1. The van der Waals surface area contributed by atoms with Crippen LogP contribution in [0.15, 0.2) is 72.8 Å². The molecule has 0 aromatic heterocycles. The lowest BCUT2D eigenvalue weighted by Crippen LogP contribution is -2.15. The van der Waals surface area contributed by atoms with Crippen molar-refractivity contribution in [1.82, 2.24) is 0 Å². The van der Waals surface area contributed by atoms with Crippen LogP contribution in [0, 0.1) is 5.82 Å². The SMILES string of the molecule is O=C(Nc1ccc(Cl)cc1C(=O)c1ccccc1)c1ccc(F)cc1. The Morgan fingerprint density at radius 2 is 1.52 bits per heavy atom. The molecule has 3 nitrogen and oxygen atoms in total. The zero-order valence-corrected chi connectivity index (χ0v) is 13.8. The van der Waals surface area contributed by atoms with Crippen molar-refractivity contribution in [3.8, 4) is 0 Å². The molecule has 0 spiro atoms. The first-order valence-corrected chi connectivity index (χ1v) is 7.88. The molecule has 0 aliphatic heterocycles. The highest BCUT2D eigenvalue weighted by atomic mass is 35.5. The van der Waals surface area contributed by atoms with Gasteiger partial charge >= 0.3 is 0 Å². The number of amides is 1. The molecule has 3 rings (SSSR count). The summed E-state index contributed by atoms with van der Waals surface area (Å²) in [5.41, 5.74) is 1.40. The molecular weight excluding hydrogens is 341 g/mol. The van der Waals surface area contributed by atoms with Gasteiger partial charge in [-0.3, -0.25) is 9.59 Å². The Kier molecular flexibility index (Phi) is 4.91. The normalized spacial score (nSPS) is 10.3. The fourth-order valence-corrected chi connectivity index (χ4v) is 2.53. The second-order valence-corrected chi connectivity index (χ2v) is 5.78. The van der Waals surface area contributed by atoms with Gasteiger partial charge in [-0.25, -0.2) is 4.39 Å². The van der Waals surface area contributed by atoms with Crippen LogP contribution >= 0.6 is 11.6 Å². The minimum absolute atomic E-state index is 0.252. The molecule has 1 amide bonds. The number of anilines is 1. The minimum atomic E-state index is -0.440. The lowest BCUT2D eigenvalue weighted by molar-refractivity contribution is 0.102. The molecule has 0 aliphatic carbocycles. The third-order valence-electron chi connectivity index (χ3n) is 3.62. The standard InChI is InChI=1S/C20H13ClFNO2/c21-15-8-11-18(23-20(25)14-6-9-16(22)10-7-14)17(12-15)19(24)13-4-2-1-3-5-13/h1-12H,(H,23,25). The Morgan fingerprint density at radius 3 is 2.20 bits per heavy atom. The van der Waals surface area contributed by atoms with Gasteiger partial charge in [-0.05, 0) is 42.5 Å². The molecule has 3 aromatic carbocycles. The first-order chi connectivity index (χ1) is 12.0. The van der Waals surface area contributed by atoms with Gasteiger partial charge in [0.1, 0.15) is 5.82 Å². The molecule has 0 saturated carbocycles. The summed E-state index contributed by atoms with van der Waals surface area (Å²) in [6.07, 6.45) is 0. The lowest BCUT2D eigenvalue weighted by atomic mass is 10.0. The van der Waals surface area contributed by atoms with E-state index in [9.17, 15) is 14.0 Å². The number of carbonyl (C=O) groups is 2. The van der Waals surface area contributed by atoms with Gasteiger partial charge < -0.3 is 5.32 Å². The topological polar surface area (TPSA) is 46.2 Å². The van der Waals surface area contributed by atoms with Crippen LogP contribution in [0.3, 0.4) is 0 Å². The van der Waals surface area contributed by atoms with Crippen molar-refractivity contribution in [2.24, 2.45) is 0 Å². The molecule has 5 heteroatoms. The highest BCUT2D eigenvalue weighted by molar-refractivity contribution is 6.31. The van der Waals surface area contributed by atoms with Crippen LogP contribution in [0.1, 0.15) is 26.3 Å². The van der Waals surface area contributed by atoms with Crippen LogP contribution in [-0.2, 0) is 0 Å². The zero-order valence-electron chi connectivity index (χ0n) is 13.0. The monoisotopic (exact) mass is 353 g/mol. The maximum atomic E-state index is 13.0. The van der Waals surface area contributed by atoms with Crippen molar-refractivity contribution >= 4 is 29.0 Å². The molecule has 0 bridgehead atoms. The summed E-state index contributed by atoms with van der Waals surface area (Å²) in [4.78, 5) is 25.1. The highest BCUT2D eigenvalue weighted by Crippen LogP contribution is 2.24. The lowest BCUT2D eigenvalue weighted by Gasteiger charge is -2.11. The van der Waals surface area contributed by atoms with Crippen LogP contribution in [0.5, 0.6) is 0 Å². The molecule has 124 valence electrons. The average Bonchev–Trinajstić information content (AvgIpc) is 2.64. The molecule has 0 aliphatic rings. The van der Waals surface area contributed by atoms with Crippen LogP contribution in [0.2, 0.25) is 5.02 Å². The van der Waals surface area contributed by atoms with E-state index in [2.05, 4.69) is 5.32 Å². The molecule has 0 heterocycles. The molecule has 0 radical (unpaired) electrons. The summed E-state index contributed by atoms with van der Waals surface area (Å²) in [6, 6.07) is 18.5. The van der Waals surface area contributed by atoms with E-state index < -0.39 is 11.7 Å². The van der Waals surface area contributed by atoms with Gasteiger partial charge in [0.25, 0.3) is 5.91 Å². The number of carbonyl (C=O) groups excluding carboxylic acids is 2. The van der Waals surface area contributed by atoms with Crippen LogP contribution in [0.25, 0.3) is 0 Å². The van der Waals surface area contributed by atoms with E-state index in [0.29, 0.717) is 16.3 Å². The van der Waals surface area contributed by atoms with E-state index in [1.165, 1.54) is 30.3 Å². The quantitative estimate of drug-likeness (QED) is 0.674. The third-order valence-corrected chi connectivity index (χ3v) is 3.85. The van der Waals surface area contributed by atoms with Crippen molar-refractivity contribution in [2.75, 3.05) is 5.32 Å². The minimum Gasteiger partial charge on any atom is -0.321 e. The number of halogens is 2. The van der Waals surface area contributed by atoms with Crippen molar-refractivity contribution in [2.45, 2.75) is 0 Å². The summed E-state index contributed by atoms with van der Waals surface area (Å²) in [7, 11) is 0. The maximum absolute atomic E-state index is 13.0. The predicted molar refractivity (Wildman–Crippen MR) is 95.7 cm³/mol. The summed E-state index contributed by atoms with van der Waals surface area (Å²) < 4.78 is 13.0. The van der Waals surface area contributed by atoms with Crippen molar-refractivity contribution in [3.63, 3.8) is 0 Å². The summed E-state index contributed by atoms with van der Waals surface area (Å²) in [5, 5.41) is 3.07. The number of hydrogen-bond acceptors (Lipinski definition) is 2. The maximum Gasteiger partial charge on any atom is 0.255 e. The fourth-order valence-electron chi connectivity index (χ4n) is 2.35. The van der Waals surface area contributed by atoms with Gasteiger partial charge in [-0.2, -0.15) is 0 Å². The molecule has 0 atom stereocenters. The van der Waals surface area contributed by atoms with E-state index in [1.807, 2.05) is 6.07 Å². The summed E-state index contributed by atoms with van der Waals surface area (Å²) >= 11 is 6.01. The highest BCUT2D eigenvalue weighted by Gasteiger charge is 2.16. The number of rotatable bonds is 4. The Hall–Kier alpha value is -2.98. The molecule has 1 N–H and O–H groups in total. The molecule has 0 fully saturated rings. The van der Waals surface area contributed by atoms with Crippen LogP contribution in [-0.4, -0.2) is 11.7 Å². The second-order valence-electron chi connectivity index (χ2n) is 5.35. The van der Waals surface area contributed by atoms with Crippen molar-refractivity contribution < 1.29 is 14.0 Å². The Bertz CT molecular complexity index is 924. The van der Waals surface area contributed by atoms with Gasteiger partial charge in [-0.1, -0.05) is 41.9 Å². The van der Waals surface area contributed by atoms with Crippen molar-refractivity contribution in [3.05, 3.63) is 100 Å². The molecule has 25 heavy (non-hydrogen) atoms. The average molecular weight is 354 g/mol. The van der Waals surface area contributed by atoms with Gasteiger partial charge in [0.05, 0.1) is 5.69 Å². The number of nitrogens with one attached hydrogen (secondary N) is 1. The van der Waals surface area contributed by atoms with Gasteiger partial charge in [-0.15, -0.1) is 0 Å². The van der Waals surface area contributed by atoms with E-state index in [0.717, 1.165) is 0 Å². The summed E-state index contributed by atoms with van der Waals surface area (Å²) in [5.74, 6) is -1.12. The number of benzene rings is 3. The van der Waals surface area contributed by atoms with Crippen LogP contribution in [0.4, 0.5) is 10.1 Å². The second kappa shape index (κ2) is 7.28. The van der Waals surface area contributed by atoms with Crippen LogP contribution < -0.4 is 5.32 Å². The van der Waals surface area contributed by atoms with E-state index >= 15 is 0 Å². The molecule has 0 unspecified atom stereocenters. The summed E-state index contributed by atoms with van der Waals surface area (Å²) in [6.45, 7) is 0. The van der Waals surface area contributed by atoms with E-state index in [4.69, 9.17) is 11.6 Å². The van der Waals surface area contributed by atoms with E-state index in [-0.39, 0.29) is 16.9 Å². The smallest absolute Gasteiger partial charge is 0.255 e. The fraction of sp³-hybridized carbons (Fsp3) is 0. The first-order valence-electron chi connectivity index (χ1n) is 7.51. The first kappa shape index (κ1) is 16.9. The van der Waals surface area contributed by atoms with E-state index in [1.54, 1.807) is 36.4 Å². The zero-order chi connectivity index (χ0) is 17.8. The Labute approximate surface area is 149 Å². The molecule has 0 saturated heterocycles. The third kappa shape index (κ3) is 3.92. The Balaban J connectivity index is 1.93.